The molecule has 2 nitrogen and oxygen atoms in total. The van der Waals surface area contributed by atoms with Gasteiger partial charge in [0.05, 0.1) is 0 Å². The summed E-state index contributed by atoms with van der Waals surface area (Å²) in [4.78, 5) is 5.12. The van der Waals surface area contributed by atoms with Crippen molar-refractivity contribution in [2.24, 2.45) is 0 Å². The van der Waals surface area contributed by atoms with Gasteiger partial charge in [-0.1, -0.05) is 0 Å². The molecule has 0 radical (unpaired) electrons. The predicted molar refractivity (Wildman–Crippen MR) is 74.6 cm³/mol. The standard InChI is InChI=1S/C13H8BrF2NOS/c1-13(15,16)7-2-3-10-9(6-7)17-12(18-10)11-8(14)4-5-19-11/h2-6H,1H3. The third-order valence-corrected chi connectivity index (χ3v) is 4.53. The van der Waals surface area contributed by atoms with E-state index in [1.165, 1.54) is 29.5 Å². The summed E-state index contributed by atoms with van der Waals surface area (Å²) < 4.78 is 33.0. The molecule has 0 N–H and O–H groups in total. The lowest BCUT2D eigenvalue weighted by atomic mass is 10.1. The number of nitrogens with zero attached hydrogens (tertiary/aromatic N) is 1. The second-order valence-corrected chi connectivity index (χ2v) is 5.96. The number of aromatic nitrogens is 1. The van der Waals surface area contributed by atoms with E-state index in [0.29, 0.717) is 17.0 Å². The Bertz CT molecular complexity index is 745. The molecular weight excluding hydrogens is 336 g/mol. The van der Waals surface area contributed by atoms with Gasteiger partial charge in [-0.25, -0.2) is 13.8 Å². The number of thiophene rings is 1. The van der Waals surface area contributed by atoms with Gasteiger partial charge >= 0.3 is 0 Å². The van der Waals surface area contributed by atoms with Crippen molar-refractivity contribution >= 4 is 38.4 Å². The van der Waals surface area contributed by atoms with Gasteiger partial charge in [-0.05, 0) is 45.6 Å². The van der Waals surface area contributed by atoms with Gasteiger partial charge in [0, 0.05) is 17.0 Å². The molecule has 0 unspecified atom stereocenters. The van der Waals surface area contributed by atoms with Gasteiger partial charge < -0.3 is 4.42 Å². The van der Waals surface area contributed by atoms with Crippen molar-refractivity contribution in [3.63, 3.8) is 0 Å². The fourth-order valence-corrected chi connectivity index (χ4v) is 3.21. The van der Waals surface area contributed by atoms with Crippen LogP contribution in [0, 0.1) is 0 Å². The Morgan fingerprint density at radius 3 is 2.74 bits per heavy atom. The number of hydrogen-bond acceptors (Lipinski definition) is 3. The molecule has 0 fully saturated rings. The molecule has 0 bridgehead atoms. The van der Waals surface area contributed by atoms with E-state index in [-0.39, 0.29) is 5.56 Å². The maximum atomic E-state index is 13.3. The summed E-state index contributed by atoms with van der Waals surface area (Å²) in [5.74, 6) is -2.44. The molecule has 3 rings (SSSR count). The number of rotatable bonds is 2. The maximum Gasteiger partial charge on any atom is 0.270 e. The molecular formula is C13H8BrF2NOS. The third-order valence-electron chi connectivity index (χ3n) is 2.71. The van der Waals surface area contributed by atoms with Crippen LogP contribution in [0.25, 0.3) is 21.9 Å². The highest BCUT2D eigenvalue weighted by molar-refractivity contribution is 9.10. The Kier molecular flexibility index (Phi) is 2.94. The lowest BCUT2D eigenvalue weighted by Crippen LogP contribution is -2.06. The highest BCUT2D eigenvalue weighted by Crippen LogP contribution is 2.36. The van der Waals surface area contributed by atoms with Gasteiger partial charge in [0.25, 0.3) is 5.92 Å². The van der Waals surface area contributed by atoms with E-state index in [0.717, 1.165) is 16.3 Å². The summed E-state index contributed by atoms with van der Waals surface area (Å²) in [6, 6.07) is 6.14. The number of benzene rings is 1. The van der Waals surface area contributed by atoms with Crippen molar-refractivity contribution < 1.29 is 13.2 Å². The summed E-state index contributed by atoms with van der Waals surface area (Å²) in [6.07, 6.45) is 0. The Morgan fingerprint density at radius 2 is 2.11 bits per heavy atom. The van der Waals surface area contributed by atoms with Crippen LogP contribution in [0.5, 0.6) is 0 Å². The molecule has 0 atom stereocenters. The Labute approximate surface area is 120 Å². The zero-order valence-corrected chi connectivity index (χ0v) is 12.2. The molecule has 6 heteroatoms. The highest BCUT2D eigenvalue weighted by atomic mass is 79.9. The molecule has 2 heterocycles. The average Bonchev–Trinajstić information content (AvgIpc) is 2.91. The van der Waals surface area contributed by atoms with E-state index in [9.17, 15) is 8.78 Å². The van der Waals surface area contributed by atoms with E-state index < -0.39 is 5.92 Å². The fourth-order valence-electron chi connectivity index (χ4n) is 1.74. The molecule has 1 aromatic carbocycles. The highest BCUT2D eigenvalue weighted by Gasteiger charge is 2.25. The molecule has 98 valence electrons. The first kappa shape index (κ1) is 12.7. The van der Waals surface area contributed by atoms with Crippen LogP contribution in [0.1, 0.15) is 12.5 Å². The minimum Gasteiger partial charge on any atom is -0.435 e. The number of fused-ring (bicyclic) bond motifs is 1. The van der Waals surface area contributed by atoms with Crippen LogP contribution >= 0.6 is 27.3 Å². The van der Waals surface area contributed by atoms with Crippen molar-refractivity contribution in [2.45, 2.75) is 12.8 Å². The van der Waals surface area contributed by atoms with E-state index in [4.69, 9.17) is 4.42 Å². The number of alkyl halides is 2. The number of oxazole rings is 1. The van der Waals surface area contributed by atoms with Gasteiger partial charge in [0.1, 0.15) is 10.4 Å². The Hall–Kier alpha value is -1.27. The van der Waals surface area contributed by atoms with Crippen LogP contribution in [0.4, 0.5) is 8.78 Å². The zero-order valence-electron chi connectivity index (χ0n) is 9.78. The van der Waals surface area contributed by atoms with Crippen LogP contribution in [0.2, 0.25) is 0 Å². The number of halogens is 3. The molecule has 0 aliphatic carbocycles. The van der Waals surface area contributed by atoms with Crippen molar-refractivity contribution in [3.8, 4) is 10.8 Å². The van der Waals surface area contributed by atoms with Gasteiger partial charge in [0.15, 0.2) is 5.58 Å². The van der Waals surface area contributed by atoms with Gasteiger partial charge in [-0.3, -0.25) is 0 Å². The zero-order chi connectivity index (χ0) is 13.6. The molecule has 0 aliphatic rings. The van der Waals surface area contributed by atoms with Gasteiger partial charge in [-0.15, -0.1) is 11.3 Å². The first-order valence-electron chi connectivity index (χ1n) is 5.47. The van der Waals surface area contributed by atoms with Gasteiger partial charge in [0.2, 0.25) is 5.89 Å². The molecule has 2 aromatic heterocycles. The smallest absolute Gasteiger partial charge is 0.270 e. The van der Waals surface area contributed by atoms with E-state index >= 15 is 0 Å². The third kappa shape index (κ3) is 2.30. The summed E-state index contributed by atoms with van der Waals surface area (Å²) in [5.41, 5.74) is 0.878. The maximum absolute atomic E-state index is 13.3. The van der Waals surface area contributed by atoms with Crippen molar-refractivity contribution in [1.82, 2.24) is 4.98 Å². The predicted octanol–water partition coefficient (Wildman–Crippen LogP) is 5.43. The SMILES string of the molecule is CC(F)(F)c1ccc2oc(-c3sccc3Br)nc2c1. The van der Waals surface area contributed by atoms with Crippen LogP contribution in [-0.4, -0.2) is 4.98 Å². The molecule has 0 amide bonds. The quantitative estimate of drug-likeness (QED) is 0.619. The first-order valence-corrected chi connectivity index (χ1v) is 7.14. The van der Waals surface area contributed by atoms with E-state index in [2.05, 4.69) is 20.9 Å². The van der Waals surface area contributed by atoms with Crippen LogP contribution in [-0.2, 0) is 5.92 Å². The van der Waals surface area contributed by atoms with Crippen LogP contribution in [0.15, 0.2) is 38.5 Å². The second kappa shape index (κ2) is 4.38. The average molecular weight is 344 g/mol. The molecule has 0 saturated heterocycles. The van der Waals surface area contributed by atoms with Crippen LogP contribution < -0.4 is 0 Å². The summed E-state index contributed by atoms with van der Waals surface area (Å²) in [6.45, 7) is 0.866. The van der Waals surface area contributed by atoms with Crippen molar-refractivity contribution in [2.75, 3.05) is 0 Å². The second-order valence-electron chi connectivity index (χ2n) is 4.19. The topological polar surface area (TPSA) is 26.0 Å². The lowest BCUT2D eigenvalue weighted by molar-refractivity contribution is 0.0176. The first-order chi connectivity index (χ1) is 8.95. The summed E-state index contributed by atoms with van der Waals surface area (Å²) in [7, 11) is 0. The molecule has 0 aliphatic heterocycles. The van der Waals surface area contributed by atoms with E-state index in [1.807, 2.05) is 11.4 Å². The molecule has 19 heavy (non-hydrogen) atoms. The monoisotopic (exact) mass is 343 g/mol. The Morgan fingerprint density at radius 1 is 1.32 bits per heavy atom. The molecule has 3 aromatic rings. The van der Waals surface area contributed by atoms with E-state index in [1.54, 1.807) is 0 Å². The normalized spacial score (nSPS) is 12.2. The summed E-state index contributed by atoms with van der Waals surface area (Å²) >= 11 is 4.87. The van der Waals surface area contributed by atoms with Gasteiger partial charge in [-0.2, -0.15) is 0 Å². The minimum absolute atomic E-state index is 0.0647. The molecule has 0 spiro atoms. The van der Waals surface area contributed by atoms with Crippen molar-refractivity contribution in [3.05, 3.63) is 39.7 Å². The molecule has 0 saturated carbocycles. The fraction of sp³-hybridized carbons (Fsp3) is 0.154. The lowest BCUT2D eigenvalue weighted by Gasteiger charge is -2.09. The number of hydrogen-bond donors (Lipinski definition) is 0. The largest absolute Gasteiger partial charge is 0.435 e. The minimum atomic E-state index is -2.88. The van der Waals surface area contributed by atoms with Crippen LogP contribution in [0.3, 0.4) is 0 Å². The summed E-state index contributed by atoms with van der Waals surface area (Å²) in [5, 5.41) is 1.90. The Balaban J connectivity index is 2.14. The van der Waals surface area contributed by atoms with Crippen molar-refractivity contribution in [1.29, 1.82) is 0 Å².